The van der Waals surface area contributed by atoms with Gasteiger partial charge in [0.1, 0.15) is 11.6 Å². The van der Waals surface area contributed by atoms with Crippen molar-refractivity contribution >= 4 is 17.5 Å². The average molecular weight is 413 g/mol. The van der Waals surface area contributed by atoms with Gasteiger partial charge >= 0.3 is 5.97 Å². The van der Waals surface area contributed by atoms with Gasteiger partial charge in [-0.1, -0.05) is 38.8 Å². The van der Waals surface area contributed by atoms with Gasteiger partial charge in [-0.3, -0.25) is 14.4 Å². The van der Waals surface area contributed by atoms with E-state index in [1.165, 1.54) is 5.57 Å². The number of carboxylic acid groups (broad SMARTS) is 1. The summed E-state index contributed by atoms with van der Waals surface area (Å²) >= 11 is 0. The second kappa shape index (κ2) is 6.29. The Morgan fingerprint density at radius 1 is 1.07 bits per heavy atom. The Balaban J connectivity index is 1.67. The number of hydrogen-bond acceptors (Lipinski definition) is 3. The molecule has 0 aromatic rings. The molecule has 4 nitrogen and oxygen atoms in total. The Hall–Kier alpha value is -1.45. The molecule has 6 rings (SSSR count). The first-order valence-corrected chi connectivity index (χ1v) is 12.1. The van der Waals surface area contributed by atoms with Crippen molar-refractivity contribution in [3.05, 3.63) is 11.6 Å². The molecule has 2 bridgehead atoms. The summed E-state index contributed by atoms with van der Waals surface area (Å²) in [7, 11) is 0. The second-order valence-electron chi connectivity index (χ2n) is 11.9. The van der Waals surface area contributed by atoms with Crippen molar-refractivity contribution in [2.75, 3.05) is 0 Å². The van der Waals surface area contributed by atoms with Crippen molar-refractivity contribution in [1.82, 2.24) is 0 Å². The molecule has 4 saturated carbocycles. The maximum Gasteiger partial charge on any atom is 0.309 e. The van der Waals surface area contributed by atoms with Gasteiger partial charge in [-0.2, -0.15) is 0 Å². The van der Waals surface area contributed by atoms with E-state index in [1.807, 2.05) is 6.92 Å². The Labute approximate surface area is 179 Å². The summed E-state index contributed by atoms with van der Waals surface area (Å²) in [4.78, 5) is 38.8. The van der Waals surface area contributed by atoms with Crippen LogP contribution in [-0.2, 0) is 14.4 Å². The predicted molar refractivity (Wildman–Crippen MR) is 114 cm³/mol. The van der Waals surface area contributed by atoms with Crippen LogP contribution in [0, 0.1) is 51.8 Å². The molecule has 164 valence electrons. The van der Waals surface area contributed by atoms with E-state index in [0.29, 0.717) is 36.2 Å². The summed E-state index contributed by atoms with van der Waals surface area (Å²) in [5.74, 6) is 0.677. The van der Waals surface area contributed by atoms with Crippen molar-refractivity contribution in [1.29, 1.82) is 0 Å². The van der Waals surface area contributed by atoms with Crippen LogP contribution in [0.15, 0.2) is 11.6 Å². The lowest BCUT2D eigenvalue weighted by Gasteiger charge is -2.70. The molecule has 4 fully saturated rings. The smallest absolute Gasteiger partial charge is 0.309 e. The molecule has 1 spiro atoms. The lowest BCUT2D eigenvalue weighted by atomic mass is 9.33. The SMILES string of the molecule is CC(C)C1=C[C@@]23CC[C@H]4[C@](C)(CCC[C@@]4(C)C(=O)O)[C@H]2C[C@@H]1[C@H]1C(=O)CCC(=O)[C@H]13. The monoisotopic (exact) mass is 412 g/mol. The molecule has 0 saturated heterocycles. The van der Waals surface area contributed by atoms with Crippen molar-refractivity contribution in [3.8, 4) is 0 Å². The fourth-order valence-electron chi connectivity index (χ4n) is 9.34. The van der Waals surface area contributed by atoms with Gasteiger partial charge in [0, 0.05) is 30.1 Å². The maximum absolute atomic E-state index is 13.3. The van der Waals surface area contributed by atoms with Crippen LogP contribution in [0.25, 0.3) is 0 Å². The van der Waals surface area contributed by atoms with Crippen LogP contribution in [0.5, 0.6) is 0 Å². The molecule has 1 N–H and O–H groups in total. The van der Waals surface area contributed by atoms with Crippen molar-refractivity contribution in [3.63, 3.8) is 0 Å². The fourth-order valence-corrected chi connectivity index (χ4v) is 9.34. The highest BCUT2D eigenvalue weighted by atomic mass is 16.4. The standard InChI is InChI=1S/C26H36O4/c1-14(2)16-13-26-11-8-19-24(3,9-5-10-25(19,4)23(29)30)20(26)12-15(16)21-17(27)6-7-18(28)22(21)26/h13-15,19-22H,5-12H2,1-4H3,(H,29,30)/t15-,19-,20+,21-,22+,24-,25+,26-/m0/s1. The molecule has 0 aliphatic heterocycles. The van der Waals surface area contributed by atoms with Crippen LogP contribution in [0.3, 0.4) is 0 Å². The summed E-state index contributed by atoms with van der Waals surface area (Å²) in [5, 5.41) is 10.1. The van der Waals surface area contributed by atoms with Gasteiger partial charge < -0.3 is 5.11 Å². The van der Waals surface area contributed by atoms with E-state index in [9.17, 15) is 19.5 Å². The number of allylic oxidation sites excluding steroid dienone is 2. The Kier molecular flexibility index (Phi) is 4.29. The second-order valence-corrected chi connectivity index (χ2v) is 11.9. The first-order valence-electron chi connectivity index (χ1n) is 12.1. The first-order chi connectivity index (χ1) is 14.1. The number of rotatable bonds is 2. The quantitative estimate of drug-likeness (QED) is 0.644. The molecule has 30 heavy (non-hydrogen) atoms. The van der Waals surface area contributed by atoms with E-state index in [4.69, 9.17) is 0 Å². The molecule has 0 unspecified atom stereocenters. The number of ketones is 2. The van der Waals surface area contributed by atoms with Crippen molar-refractivity contribution in [2.24, 2.45) is 51.8 Å². The van der Waals surface area contributed by atoms with Crippen LogP contribution < -0.4 is 0 Å². The highest BCUT2D eigenvalue weighted by Gasteiger charge is 2.70. The maximum atomic E-state index is 13.3. The topological polar surface area (TPSA) is 71.4 Å². The lowest BCUT2D eigenvalue weighted by Crippen LogP contribution is -2.67. The van der Waals surface area contributed by atoms with Gasteiger partial charge in [0.2, 0.25) is 0 Å². The molecule has 8 atom stereocenters. The number of aliphatic carboxylic acids is 1. The molecular formula is C26H36O4. The Morgan fingerprint density at radius 3 is 2.43 bits per heavy atom. The van der Waals surface area contributed by atoms with Crippen LogP contribution in [0.4, 0.5) is 0 Å². The zero-order valence-corrected chi connectivity index (χ0v) is 18.9. The third-order valence-corrected chi connectivity index (χ3v) is 10.5. The molecule has 0 heterocycles. The van der Waals surface area contributed by atoms with Gasteiger partial charge in [0.15, 0.2) is 0 Å². The van der Waals surface area contributed by atoms with Crippen LogP contribution in [0.1, 0.15) is 79.1 Å². The average Bonchev–Trinajstić information content (AvgIpc) is 2.69. The summed E-state index contributed by atoms with van der Waals surface area (Å²) in [6.45, 7) is 8.73. The normalized spacial score (nSPS) is 49.9. The van der Waals surface area contributed by atoms with E-state index in [0.717, 1.165) is 38.5 Å². The Bertz CT molecular complexity index is 855. The van der Waals surface area contributed by atoms with Crippen molar-refractivity contribution in [2.45, 2.75) is 79.1 Å². The summed E-state index contributed by atoms with van der Waals surface area (Å²) in [6, 6.07) is 0. The lowest BCUT2D eigenvalue weighted by molar-refractivity contribution is -0.200. The Morgan fingerprint density at radius 2 is 1.77 bits per heavy atom. The molecule has 6 aliphatic rings. The fraction of sp³-hybridized carbons (Fsp3) is 0.808. The minimum atomic E-state index is -0.679. The summed E-state index contributed by atoms with van der Waals surface area (Å²) < 4.78 is 0. The largest absolute Gasteiger partial charge is 0.481 e. The highest BCUT2D eigenvalue weighted by Crippen LogP contribution is 2.74. The van der Waals surface area contributed by atoms with E-state index < -0.39 is 11.4 Å². The summed E-state index contributed by atoms with van der Waals surface area (Å²) in [6.07, 6.45) is 8.70. The zero-order chi connectivity index (χ0) is 21.6. The zero-order valence-electron chi connectivity index (χ0n) is 18.9. The molecule has 0 radical (unpaired) electrons. The van der Waals surface area contributed by atoms with Crippen LogP contribution in [-0.4, -0.2) is 22.6 Å². The number of Topliss-reactive ketones (excluding diaryl/α,β-unsaturated/α-hetero) is 2. The number of carbonyl (C=O) groups excluding carboxylic acids is 2. The van der Waals surface area contributed by atoms with Crippen molar-refractivity contribution < 1.29 is 19.5 Å². The van der Waals surface area contributed by atoms with E-state index in [1.54, 1.807) is 0 Å². The first kappa shape index (κ1) is 20.5. The molecule has 0 aromatic heterocycles. The van der Waals surface area contributed by atoms with E-state index >= 15 is 0 Å². The molecular weight excluding hydrogens is 376 g/mol. The van der Waals surface area contributed by atoms with Gasteiger partial charge in [0.05, 0.1) is 5.41 Å². The van der Waals surface area contributed by atoms with Gasteiger partial charge in [-0.25, -0.2) is 0 Å². The van der Waals surface area contributed by atoms with E-state index in [-0.39, 0.29) is 34.5 Å². The van der Waals surface area contributed by atoms with Crippen LogP contribution in [0.2, 0.25) is 0 Å². The number of fused-ring (bicyclic) bond motifs is 1. The van der Waals surface area contributed by atoms with Gasteiger partial charge in [0.25, 0.3) is 0 Å². The highest BCUT2D eigenvalue weighted by molar-refractivity contribution is 5.98. The minimum Gasteiger partial charge on any atom is -0.481 e. The molecule has 0 aromatic carbocycles. The number of carbonyl (C=O) groups is 3. The van der Waals surface area contributed by atoms with Gasteiger partial charge in [-0.05, 0) is 68.1 Å². The third kappa shape index (κ3) is 2.31. The van der Waals surface area contributed by atoms with Crippen LogP contribution >= 0.6 is 0 Å². The molecule has 6 aliphatic carbocycles. The minimum absolute atomic E-state index is 0.0767. The summed E-state index contributed by atoms with van der Waals surface area (Å²) in [5.41, 5.74) is 0.400. The predicted octanol–water partition coefficient (Wildman–Crippen LogP) is 5.06. The molecule has 4 heteroatoms. The molecule has 0 amide bonds. The third-order valence-electron chi connectivity index (χ3n) is 10.5. The van der Waals surface area contributed by atoms with E-state index in [2.05, 4.69) is 26.8 Å². The number of hydrogen-bond donors (Lipinski definition) is 1. The number of carboxylic acids is 1. The van der Waals surface area contributed by atoms with Gasteiger partial charge in [-0.15, -0.1) is 0 Å².